The van der Waals surface area contributed by atoms with Crippen LogP contribution in [0.5, 0.6) is 5.75 Å². The number of benzene rings is 1. The van der Waals surface area contributed by atoms with E-state index in [-0.39, 0.29) is 18.0 Å². The number of aromatic nitrogens is 4. The van der Waals surface area contributed by atoms with Gasteiger partial charge in [-0.15, -0.1) is 5.10 Å². The number of ether oxygens (including phenoxy) is 1. The zero-order chi connectivity index (χ0) is 18.6. The van der Waals surface area contributed by atoms with Crippen LogP contribution in [0, 0.1) is 5.82 Å². The monoisotopic (exact) mass is 367 g/mol. The zero-order valence-electron chi connectivity index (χ0n) is 14.5. The van der Waals surface area contributed by atoms with Gasteiger partial charge in [0.15, 0.2) is 5.75 Å². The molecule has 0 radical (unpaired) electrons. The third kappa shape index (κ3) is 3.79. The van der Waals surface area contributed by atoms with E-state index >= 15 is 0 Å². The molecule has 1 aliphatic heterocycles. The SMILES string of the molecule is O=C(Oc1cccnc1)N1CCC(n2cc(-c3ccccc3F)nn2)CC1. The highest BCUT2D eigenvalue weighted by molar-refractivity contribution is 5.70. The van der Waals surface area contributed by atoms with Crippen LogP contribution in [-0.2, 0) is 0 Å². The summed E-state index contributed by atoms with van der Waals surface area (Å²) in [5.74, 6) is 0.105. The second-order valence-electron chi connectivity index (χ2n) is 6.34. The van der Waals surface area contributed by atoms with E-state index in [1.807, 2.05) is 0 Å². The molecule has 0 N–H and O–H groups in total. The first-order valence-corrected chi connectivity index (χ1v) is 8.74. The summed E-state index contributed by atoms with van der Waals surface area (Å²) < 4.78 is 21.0. The van der Waals surface area contributed by atoms with Gasteiger partial charge in [0.05, 0.1) is 18.4 Å². The molecule has 8 heteroatoms. The van der Waals surface area contributed by atoms with E-state index in [1.165, 1.54) is 12.3 Å². The average Bonchev–Trinajstić information content (AvgIpc) is 3.19. The van der Waals surface area contributed by atoms with Crippen LogP contribution in [0.3, 0.4) is 0 Å². The lowest BCUT2D eigenvalue weighted by Gasteiger charge is -2.30. The van der Waals surface area contributed by atoms with Gasteiger partial charge in [-0.1, -0.05) is 17.3 Å². The minimum atomic E-state index is -0.382. The van der Waals surface area contributed by atoms with Crippen LogP contribution >= 0.6 is 0 Å². The number of carbonyl (C=O) groups excluding carboxylic acids is 1. The number of piperidine rings is 1. The number of hydrogen-bond donors (Lipinski definition) is 0. The summed E-state index contributed by atoms with van der Waals surface area (Å²) in [6.45, 7) is 1.11. The Bertz CT molecular complexity index is 923. The van der Waals surface area contributed by atoms with Crippen molar-refractivity contribution in [2.45, 2.75) is 18.9 Å². The molecule has 0 unspecified atom stereocenters. The van der Waals surface area contributed by atoms with Crippen LogP contribution in [0.4, 0.5) is 9.18 Å². The summed E-state index contributed by atoms with van der Waals surface area (Å²) in [5, 5.41) is 8.25. The minimum absolute atomic E-state index is 0.112. The third-order valence-corrected chi connectivity index (χ3v) is 4.60. The van der Waals surface area contributed by atoms with E-state index in [4.69, 9.17) is 4.74 Å². The maximum Gasteiger partial charge on any atom is 0.415 e. The molecule has 0 saturated carbocycles. The summed E-state index contributed by atoms with van der Waals surface area (Å²) in [7, 11) is 0. The molecule has 0 atom stereocenters. The predicted molar refractivity (Wildman–Crippen MR) is 95.5 cm³/mol. The van der Waals surface area contributed by atoms with E-state index in [0.29, 0.717) is 30.1 Å². The fourth-order valence-electron chi connectivity index (χ4n) is 3.13. The Morgan fingerprint density at radius 1 is 1.15 bits per heavy atom. The summed E-state index contributed by atoms with van der Waals surface area (Å²) in [6, 6.07) is 10.0. The number of amides is 1. The molecule has 27 heavy (non-hydrogen) atoms. The van der Waals surface area contributed by atoms with Gasteiger partial charge < -0.3 is 9.64 Å². The van der Waals surface area contributed by atoms with Gasteiger partial charge in [-0.05, 0) is 37.1 Å². The van der Waals surface area contributed by atoms with Crippen molar-refractivity contribution in [1.29, 1.82) is 0 Å². The Hall–Kier alpha value is -3.29. The summed E-state index contributed by atoms with van der Waals surface area (Å²) in [6.07, 6.45) is 5.95. The molecule has 4 rings (SSSR count). The number of pyridine rings is 1. The van der Waals surface area contributed by atoms with Crippen LogP contribution in [0.25, 0.3) is 11.3 Å². The molecule has 0 bridgehead atoms. The van der Waals surface area contributed by atoms with Crippen molar-refractivity contribution >= 4 is 6.09 Å². The molecule has 1 saturated heterocycles. The Kier molecular flexibility index (Phi) is 4.78. The Morgan fingerprint density at radius 3 is 2.70 bits per heavy atom. The van der Waals surface area contributed by atoms with Crippen LogP contribution in [0.15, 0.2) is 55.0 Å². The molecule has 1 aliphatic rings. The minimum Gasteiger partial charge on any atom is -0.409 e. The van der Waals surface area contributed by atoms with Gasteiger partial charge in [0.2, 0.25) is 0 Å². The Labute approximate surface area is 155 Å². The van der Waals surface area contributed by atoms with Gasteiger partial charge in [-0.2, -0.15) is 0 Å². The number of carbonyl (C=O) groups is 1. The largest absolute Gasteiger partial charge is 0.415 e. The lowest BCUT2D eigenvalue weighted by Crippen LogP contribution is -2.40. The molecule has 138 valence electrons. The van der Waals surface area contributed by atoms with E-state index in [9.17, 15) is 9.18 Å². The van der Waals surface area contributed by atoms with Crippen LogP contribution in [0.2, 0.25) is 0 Å². The maximum atomic E-state index is 13.9. The Morgan fingerprint density at radius 2 is 1.96 bits per heavy atom. The quantitative estimate of drug-likeness (QED) is 0.710. The lowest BCUT2D eigenvalue weighted by molar-refractivity contribution is 0.129. The Balaban J connectivity index is 1.37. The van der Waals surface area contributed by atoms with Gasteiger partial charge in [-0.25, -0.2) is 13.9 Å². The van der Waals surface area contributed by atoms with Gasteiger partial charge >= 0.3 is 6.09 Å². The second-order valence-corrected chi connectivity index (χ2v) is 6.34. The van der Waals surface area contributed by atoms with E-state index in [2.05, 4.69) is 15.3 Å². The topological polar surface area (TPSA) is 73.1 Å². The molecule has 3 aromatic rings. The van der Waals surface area contributed by atoms with Crippen molar-refractivity contribution in [3.63, 3.8) is 0 Å². The number of nitrogens with zero attached hydrogens (tertiary/aromatic N) is 5. The van der Waals surface area contributed by atoms with E-state index < -0.39 is 0 Å². The van der Waals surface area contributed by atoms with Crippen molar-refractivity contribution in [2.75, 3.05) is 13.1 Å². The summed E-state index contributed by atoms with van der Waals surface area (Å²) in [5.41, 5.74) is 0.938. The van der Waals surface area contributed by atoms with Crippen LogP contribution in [0.1, 0.15) is 18.9 Å². The summed E-state index contributed by atoms with van der Waals surface area (Å²) in [4.78, 5) is 17.8. The van der Waals surface area contributed by atoms with Crippen molar-refractivity contribution in [1.82, 2.24) is 24.9 Å². The molecule has 1 aromatic carbocycles. The standard InChI is InChI=1S/C19H18FN5O2/c20-17-6-2-1-5-16(17)18-13-25(23-22-18)14-7-10-24(11-8-14)19(26)27-15-4-3-9-21-12-15/h1-6,9,12-14H,7-8,10-11H2. The van der Waals surface area contributed by atoms with Crippen LogP contribution < -0.4 is 4.74 Å². The average molecular weight is 367 g/mol. The predicted octanol–water partition coefficient (Wildman–Crippen LogP) is 3.32. The summed E-state index contributed by atoms with van der Waals surface area (Å²) >= 11 is 0. The lowest BCUT2D eigenvalue weighted by atomic mass is 10.1. The second kappa shape index (κ2) is 7.53. The number of hydrogen-bond acceptors (Lipinski definition) is 5. The highest BCUT2D eigenvalue weighted by atomic mass is 19.1. The maximum absolute atomic E-state index is 13.9. The van der Waals surface area contributed by atoms with E-state index in [0.717, 1.165) is 12.8 Å². The molecule has 1 amide bonds. The van der Waals surface area contributed by atoms with Crippen molar-refractivity contribution in [3.8, 4) is 17.0 Å². The first-order valence-electron chi connectivity index (χ1n) is 8.74. The number of likely N-dealkylation sites (tertiary alicyclic amines) is 1. The molecule has 0 spiro atoms. The van der Waals surface area contributed by atoms with Gasteiger partial charge in [-0.3, -0.25) is 4.98 Å². The first-order chi connectivity index (χ1) is 13.2. The van der Waals surface area contributed by atoms with Crippen molar-refractivity contribution < 1.29 is 13.9 Å². The van der Waals surface area contributed by atoms with Crippen molar-refractivity contribution in [3.05, 3.63) is 60.8 Å². The third-order valence-electron chi connectivity index (χ3n) is 4.60. The molecule has 1 fully saturated rings. The first kappa shape index (κ1) is 17.1. The van der Waals surface area contributed by atoms with E-state index in [1.54, 1.807) is 52.3 Å². The van der Waals surface area contributed by atoms with Gasteiger partial charge in [0.1, 0.15) is 11.5 Å². The van der Waals surface area contributed by atoms with Gasteiger partial charge in [0, 0.05) is 24.8 Å². The molecular weight excluding hydrogens is 349 g/mol. The number of rotatable bonds is 3. The normalized spacial score (nSPS) is 14.9. The molecule has 2 aromatic heterocycles. The highest BCUT2D eigenvalue weighted by Crippen LogP contribution is 2.25. The smallest absolute Gasteiger partial charge is 0.409 e. The van der Waals surface area contributed by atoms with Gasteiger partial charge in [0.25, 0.3) is 0 Å². The number of halogens is 1. The molecule has 7 nitrogen and oxygen atoms in total. The molecular formula is C19H18FN5O2. The molecule has 3 heterocycles. The highest BCUT2D eigenvalue weighted by Gasteiger charge is 2.26. The fraction of sp³-hybridized carbons (Fsp3) is 0.263. The van der Waals surface area contributed by atoms with Crippen LogP contribution in [-0.4, -0.2) is 44.1 Å². The zero-order valence-corrected chi connectivity index (χ0v) is 14.5. The fourth-order valence-corrected chi connectivity index (χ4v) is 3.13. The van der Waals surface area contributed by atoms with Crippen molar-refractivity contribution in [2.24, 2.45) is 0 Å². The molecule has 0 aliphatic carbocycles.